The van der Waals surface area contributed by atoms with E-state index in [1.807, 2.05) is 18.2 Å². The molecule has 5 rings (SSSR count). The minimum absolute atomic E-state index is 0.0385. The van der Waals surface area contributed by atoms with Crippen molar-refractivity contribution in [2.45, 2.75) is 50.3 Å². The van der Waals surface area contributed by atoms with Crippen molar-refractivity contribution in [2.75, 3.05) is 0 Å². The largest absolute Gasteiger partial charge is 0.388 e. The number of rotatable bonds is 5. The molecule has 0 saturated heterocycles. The third-order valence-corrected chi connectivity index (χ3v) is 6.07. The Balaban J connectivity index is 1.24. The molecule has 0 aliphatic heterocycles. The molecule has 0 radical (unpaired) electrons. The van der Waals surface area contributed by atoms with Crippen LogP contribution < -0.4 is 5.32 Å². The zero-order valence-electron chi connectivity index (χ0n) is 14.1. The van der Waals surface area contributed by atoms with Crippen molar-refractivity contribution in [3.8, 4) is 0 Å². The SMILES string of the molecule is O=C(NC1CC(c2nnc(CO)n2C2CC2)C1)c1ccc2ncsc2c1. The molecule has 2 aromatic heterocycles. The van der Waals surface area contributed by atoms with E-state index < -0.39 is 0 Å². The van der Waals surface area contributed by atoms with Crippen LogP contribution in [0, 0.1) is 0 Å². The van der Waals surface area contributed by atoms with Crippen LogP contribution in [-0.4, -0.2) is 36.8 Å². The summed E-state index contributed by atoms with van der Waals surface area (Å²) in [5.74, 6) is 1.89. The van der Waals surface area contributed by atoms with Gasteiger partial charge in [-0.05, 0) is 43.9 Å². The molecule has 1 aromatic carbocycles. The molecular formula is C18H19N5O2S. The molecule has 1 amide bonds. The number of amides is 1. The summed E-state index contributed by atoms with van der Waals surface area (Å²) in [4.78, 5) is 16.7. The molecule has 8 heteroatoms. The molecule has 2 heterocycles. The smallest absolute Gasteiger partial charge is 0.251 e. The Morgan fingerprint density at radius 3 is 2.92 bits per heavy atom. The highest BCUT2D eigenvalue weighted by Crippen LogP contribution is 2.42. The average molecular weight is 369 g/mol. The van der Waals surface area contributed by atoms with Crippen molar-refractivity contribution in [3.63, 3.8) is 0 Å². The Hall–Kier alpha value is -2.32. The Morgan fingerprint density at radius 2 is 2.15 bits per heavy atom. The van der Waals surface area contributed by atoms with Gasteiger partial charge in [-0.1, -0.05) is 0 Å². The number of aliphatic hydroxyl groups excluding tert-OH is 1. The lowest BCUT2D eigenvalue weighted by Crippen LogP contribution is -2.44. The first kappa shape index (κ1) is 15.9. The van der Waals surface area contributed by atoms with E-state index in [0.29, 0.717) is 23.3 Å². The first-order valence-electron chi connectivity index (χ1n) is 8.91. The summed E-state index contributed by atoms with van der Waals surface area (Å²) in [6.45, 7) is -0.0730. The fourth-order valence-corrected chi connectivity index (χ4v) is 4.38. The van der Waals surface area contributed by atoms with E-state index in [1.54, 1.807) is 16.8 Å². The number of nitrogens with zero attached hydrogens (tertiary/aromatic N) is 4. The Labute approximate surface area is 154 Å². The number of aliphatic hydroxyl groups is 1. The maximum atomic E-state index is 12.5. The van der Waals surface area contributed by atoms with Crippen molar-refractivity contribution in [2.24, 2.45) is 0 Å². The van der Waals surface area contributed by atoms with E-state index in [2.05, 4.69) is 25.1 Å². The van der Waals surface area contributed by atoms with Gasteiger partial charge in [-0.2, -0.15) is 0 Å². The lowest BCUT2D eigenvalue weighted by atomic mass is 9.79. The van der Waals surface area contributed by atoms with Gasteiger partial charge in [0.1, 0.15) is 12.4 Å². The van der Waals surface area contributed by atoms with Crippen molar-refractivity contribution in [1.82, 2.24) is 25.1 Å². The highest BCUT2D eigenvalue weighted by atomic mass is 32.1. The topological polar surface area (TPSA) is 92.9 Å². The summed E-state index contributed by atoms with van der Waals surface area (Å²) < 4.78 is 3.14. The second kappa shape index (κ2) is 6.14. The van der Waals surface area contributed by atoms with E-state index in [0.717, 1.165) is 41.7 Å². The third-order valence-electron chi connectivity index (χ3n) is 5.28. The predicted octanol–water partition coefficient (Wildman–Crippen LogP) is 2.39. The van der Waals surface area contributed by atoms with Gasteiger partial charge in [0.25, 0.3) is 5.91 Å². The molecule has 7 nitrogen and oxygen atoms in total. The molecule has 2 aliphatic carbocycles. The van der Waals surface area contributed by atoms with Crippen LogP contribution in [0.4, 0.5) is 0 Å². The van der Waals surface area contributed by atoms with Gasteiger partial charge >= 0.3 is 0 Å². The number of hydrogen-bond acceptors (Lipinski definition) is 6. The van der Waals surface area contributed by atoms with Crippen LogP contribution >= 0.6 is 11.3 Å². The molecule has 0 spiro atoms. The molecule has 0 atom stereocenters. The lowest BCUT2D eigenvalue weighted by Gasteiger charge is -2.35. The second-order valence-electron chi connectivity index (χ2n) is 7.11. The van der Waals surface area contributed by atoms with Gasteiger partial charge in [0.05, 0.1) is 15.7 Å². The zero-order chi connectivity index (χ0) is 17.7. The van der Waals surface area contributed by atoms with Gasteiger partial charge in [-0.3, -0.25) is 4.79 Å². The summed E-state index contributed by atoms with van der Waals surface area (Å²) in [5, 5.41) is 21.0. The Bertz CT molecular complexity index is 971. The number of benzene rings is 1. The van der Waals surface area contributed by atoms with Gasteiger partial charge < -0.3 is 15.0 Å². The van der Waals surface area contributed by atoms with Crippen LogP contribution in [0.3, 0.4) is 0 Å². The number of fused-ring (bicyclic) bond motifs is 1. The molecule has 3 aromatic rings. The van der Waals surface area contributed by atoms with Crippen LogP contribution in [0.5, 0.6) is 0 Å². The van der Waals surface area contributed by atoms with Gasteiger partial charge in [-0.25, -0.2) is 4.98 Å². The summed E-state index contributed by atoms with van der Waals surface area (Å²) in [5.41, 5.74) is 3.39. The number of carbonyl (C=O) groups excluding carboxylic acids is 1. The summed E-state index contributed by atoms with van der Waals surface area (Å²) in [7, 11) is 0. The monoisotopic (exact) mass is 369 g/mol. The van der Waals surface area contributed by atoms with E-state index in [9.17, 15) is 9.90 Å². The van der Waals surface area contributed by atoms with Crippen molar-refractivity contribution in [1.29, 1.82) is 0 Å². The van der Waals surface area contributed by atoms with Crippen molar-refractivity contribution >= 4 is 27.5 Å². The summed E-state index contributed by atoms with van der Waals surface area (Å²) in [6.07, 6.45) is 3.99. The highest BCUT2D eigenvalue weighted by Gasteiger charge is 2.38. The summed E-state index contributed by atoms with van der Waals surface area (Å²) in [6, 6.07) is 6.22. The van der Waals surface area contributed by atoms with E-state index >= 15 is 0 Å². The summed E-state index contributed by atoms with van der Waals surface area (Å²) >= 11 is 1.54. The first-order chi connectivity index (χ1) is 12.7. The number of thiazole rings is 1. The maximum Gasteiger partial charge on any atom is 0.251 e. The quantitative estimate of drug-likeness (QED) is 0.720. The Morgan fingerprint density at radius 1 is 1.31 bits per heavy atom. The molecule has 2 saturated carbocycles. The van der Waals surface area contributed by atoms with Gasteiger partial charge in [0.15, 0.2) is 5.82 Å². The molecule has 26 heavy (non-hydrogen) atoms. The lowest BCUT2D eigenvalue weighted by molar-refractivity contribution is 0.0906. The van der Waals surface area contributed by atoms with E-state index in [-0.39, 0.29) is 18.6 Å². The average Bonchev–Trinajstić information content (AvgIpc) is 3.19. The minimum Gasteiger partial charge on any atom is -0.388 e. The fourth-order valence-electron chi connectivity index (χ4n) is 3.67. The molecule has 2 aliphatic rings. The van der Waals surface area contributed by atoms with Crippen LogP contribution in [0.15, 0.2) is 23.7 Å². The Kier molecular flexibility index (Phi) is 3.75. The first-order valence-corrected chi connectivity index (χ1v) is 9.79. The molecule has 134 valence electrons. The maximum absolute atomic E-state index is 12.5. The van der Waals surface area contributed by atoms with Crippen molar-refractivity contribution < 1.29 is 9.90 Å². The fraction of sp³-hybridized carbons (Fsp3) is 0.444. The zero-order valence-corrected chi connectivity index (χ0v) is 14.9. The second-order valence-corrected chi connectivity index (χ2v) is 7.99. The van der Waals surface area contributed by atoms with Gasteiger partial charge in [-0.15, -0.1) is 21.5 Å². The predicted molar refractivity (Wildman–Crippen MR) is 97.1 cm³/mol. The standard InChI is InChI=1S/C18H19N5O2S/c24-8-16-21-22-17(23(16)13-2-3-13)11-5-12(6-11)20-18(25)10-1-4-14-15(7-10)26-9-19-14/h1,4,7,9,11-13,24H,2-3,5-6,8H2,(H,20,25). The van der Waals surface area contributed by atoms with Gasteiger partial charge in [0, 0.05) is 23.6 Å². The minimum atomic E-state index is -0.0730. The molecule has 0 unspecified atom stereocenters. The van der Waals surface area contributed by atoms with Crippen LogP contribution in [-0.2, 0) is 6.61 Å². The van der Waals surface area contributed by atoms with E-state index in [1.165, 1.54) is 0 Å². The normalized spacial score (nSPS) is 22.3. The van der Waals surface area contributed by atoms with Crippen molar-refractivity contribution in [3.05, 3.63) is 40.9 Å². The van der Waals surface area contributed by atoms with E-state index in [4.69, 9.17) is 0 Å². The third kappa shape index (κ3) is 2.69. The molecule has 0 bridgehead atoms. The van der Waals surface area contributed by atoms with Crippen LogP contribution in [0.1, 0.15) is 59.6 Å². The molecule has 2 fully saturated rings. The number of nitrogens with one attached hydrogen (secondary N) is 1. The number of aromatic nitrogens is 4. The van der Waals surface area contributed by atoms with Crippen LogP contribution in [0.2, 0.25) is 0 Å². The highest BCUT2D eigenvalue weighted by molar-refractivity contribution is 7.16. The van der Waals surface area contributed by atoms with Crippen LogP contribution in [0.25, 0.3) is 10.2 Å². The molecule has 2 N–H and O–H groups in total. The number of carbonyl (C=O) groups is 1. The molecular weight excluding hydrogens is 350 g/mol. The number of hydrogen-bond donors (Lipinski definition) is 2. The van der Waals surface area contributed by atoms with Gasteiger partial charge in [0.2, 0.25) is 0 Å².